The molecule has 6 nitrogen and oxygen atoms in total. The maximum Gasteiger partial charge on any atom is 0.0572 e. The van der Waals surface area contributed by atoms with Crippen molar-refractivity contribution in [2.45, 2.75) is 12.8 Å². The SMILES string of the molecule is C1=C(c2ccc(-n3c4ccncc4c4cnccc43)cc2)CCC(n2c3ccncc3c3cnccc32)=C1. The topological polar surface area (TPSA) is 61.4 Å². The van der Waals surface area contributed by atoms with E-state index in [2.05, 4.69) is 89.8 Å². The summed E-state index contributed by atoms with van der Waals surface area (Å²) in [4.78, 5) is 17.4. The molecule has 7 aromatic rings. The summed E-state index contributed by atoms with van der Waals surface area (Å²) in [6.07, 6.45) is 21.6. The Kier molecular flexibility index (Phi) is 4.54. The van der Waals surface area contributed by atoms with E-state index < -0.39 is 0 Å². The van der Waals surface area contributed by atoms with Gasteiger partial charge in [-0.3, -0.25) is 19.9 Å². The van der Waals surface area contributed by atoms with Gasteiger partial charge in [0.15, 0.2) is 0 Å². The number of rotatable bonds is 3. The quantitative estimate of drug-likeness (QED) is 0.263. The first-order valence-corrected chi connectivity index (χ1v) is 12.7. The average molecular weight is 491 g/mol. The molecule has 0 N–H and O–H groups in total. The van der Waals surface area contributed by atoms with Gasteiger partial charge in [0, 0.05) is 82.5 Å². The molecule has 0 unspecified atom stereocenters. The van der Waals surface area contributed by atoms with Gasteiger partial charge in [-0.2, -0.15) is 0 Å². The van der Waals surface area contributed by atoms with E-state index in [0.29, 0.717) is 0 Å². The molecule has 8 rings (SSSR count). The summed E-state index contributed by atoms with van der Waals surface area (Å²) in [5.41, 5.74) is 9.64. The number of hydrogen-bond acceptors (Lipinski definition) is 4. The van der Waals surface area contributed by atoms with Crippen molar-refractivity contribution < 1.29 is 0 Å². The van der Waals surface area contributed by atoms with Crippen molar-refractivity contribution in [3.63, 3.8) is 0 Å². The van der Waals surface area contributed by atoms with E-state index >= 15 is 0 Å². The van der Waals surface area contributed by atoms with Crippen LogP contribution in [0.3, 0.4) is 0 Å². The Labute approximate surface area is 218 Å². The normalized spacial score (nSPS) is 13.9. The number of aromatic nitrogens is 6. The van der Waals surface area contributed by atoms with E-state index in [1.54, 1.807) is 0 Å². The number of pyridine rings is 4. The first kappa shape index (κ1) is 21.0. The maximum absolute atomic E-state index is 4.35. The lowest BCUT2D eigenvalue weighted by Crippen LogP contribution is -2.01. The number of hydrogen-bond donors (Lipinski definition) is 0. The smallest absolute Gasteiger partial charge is 0.0572 e. The van der Waals surface area contributed by atoms with Gasteiger partial charge in [-0.25, -0.2) is 0 Å². The predicted octanol–water partition coefficient (Wildman–Crippen LogP) is 7.19. The first-order valence-electron chi connectivity index (χ1n) is 12.7. The zero-order chi connectivity index (χ0) is 25.1. The molecule has 1 aliphatic carbocycles. The van der Waals surface area contributed by atoms with Gasteiger partial charge in [0.2, 0.25) is 0 Å². The summed E-state index contributed by atoms with van der Waals surface area (Å²) in [5, 5.41) is 4.50. The minimum atomic E-state index is 0.962. The van der Waals surface area contributed by atoms with Gasteiger partial charge in [-0.1, -0.05) is 18.2 Å². The van der Waals surface area contributed by atoms with Gasteiger partial charge in [0.25, 0.3) is 0 Å². The minimum Gasteiger partial charge on any atom is -0.313 e. The van der Waals surface area contributed by atoms with Crippen LogP contribution in [-0.2, 0) is 0 Å². The Balaban J connectivity index is 1.18. The second-order valence-electron chi connectivity index (χ2n) is 9.64. The fourth-order valence-corrected chi connectivity index (χ4v) is 5.88. The third-order valence-electron chi connectivity index (χ3n) is 7.65. The van der Waals surface area contributed by atoms with Crippen LogP contribution in [0, 0.1) is 0 Å². The lowest BCUT2D eigenvalue weighted by molar-refractivity contribution is 0.991. The molecular weight excluding hydrogens is 468 g/mol. The lowest BCUT2D eigenvalue weighted by Gasteiger charge is -2.18. The molecule has 0 bridgehead atoms. The van der Waals surface area contributed by atoms with Gasteiger partial charge < -0.3 is 9.13 Å². The van der Waals surface area contributed by atoms with Gasteiger partial charge in [-0.15, -0.1) is 0 Å². The summed E-state index contributed by atoms with van der Waals surface area (Å²) >= 11 is 0. The Morgan fingerprint density at radius 3 is 1.39 bits per heavy atom. The molecule has 0 atom stereocenters. The van der Waals surface area contributed by atoms with Crippen molar-refractivity contribution in [3.05, 3.63) is 116 Å². The largest absolute Gasteiger partial charge is 0.313 e. The molecule has 180 valence electrons. The zero-order valence-electron chi connectivity index (χ0n) is 20.5. The van der Waals surface area contributed by atoms with Gasteiger partial charge in [0.05, 0.1) is 22.1 Å². The van der Waals surface area contributed by atoms with Crippen molar-refractivity contribution in [2.75, 3.05) is 0 Å². The molecular formula is C32H22N6. The van der Waals surface area contributed by atoms with E-state index in [1.165, 1.54) is 27.9 Å². The summed E-state index contributed by atoms with van der Waals surface area (Å²) in [6.45, 7) is 0. The highest BCUT2D eigenvalue weighted by molar-refractivity contribution is 6.10. The van der Waals surface area contributed by atoms with Crippen molar-refractivity contribution in [3.8, 4) is 5.69 Å². The van der Waals surface area contributed by atoms with Crippen LogP contribution in [0.2, 0.25) is 0 Å². The van der Waals surface area contributed by atoms with Crippen molar-refractivity contribution in [1.82, 2.24) is 29.1 Å². The number of allylic oxidation sites excluding steroid dienone is 4. The molecule has 0 spiro atoms. The molecule has 6 heteroatoms. The van der Waals surface area contributed by atoms with Crippen molar-refractivity contribution >= 4 is 54.9 Å². The Morgan fingerprint density at radius 2 is 0.947 bits per heavy atom. The standard InChI is InChI=1S/C32H22N6/c1-5-23(37-29-9-13-33-17-25(29)26-18-34-14-10-30(26)37)6-2-21(1)22-3-7-24(8-4-22)38-31-11-15-35-19-27(31)28-20-36-16-12-32(28)38/h1-3,5-7,9-20H,4,8H2. The zero-order valence-corrected chi connectivity index (χ0v) is 20.5. The average Bonchev–Trinajstić information content (AvgIpc) is 3.51. The maximum atomic E-state index is 4.35. The van der Waals surface area contributed by atoms with E-state index in [9.17, 15) is 0 Å². The molecule has 1 aromatic carbocycles. The van der Waals surface area contributed by atoms with Crippen LogP contribution < -0.4 is 0 Å². The van der Waals surface area contributed by atoms with E-state index in [4.69, 9.17) is 0 Å². The van der Waals surface area contributed by atoms with Crippen molar-refractivity contribution in [1.29, 1.82) is 0 Å². The fourth-order valence-electron chi connectivity index (χ4n) is 5.88. The minimum absolute atomic E-state index is 0.962. The molecule has 38 heavy (non-hydrogen) atoms. The Bertz CT molecular complexity index is 1970. The summed E-state index contributed by atoms with van der Waals surface area (Å²) in [6, 6.07) is 17.2. The highest BCUT2D eigenvalue weighted by atomic mass is 15.0. The first-order chi connectivity index (χ1) is 18.9. The third-order valence-corrected chi connectivity index (χ3v) is 7.65. The van der Waals surface area contributed by atoms with Crippen LogP contribution in [0.15, 0.2) is 110 Å². The van der Waals surface area contributed by atoms with E-state index in [0.717, 1.165) is 51.1 Å². The molecule has 6 heterocycles. The second kappa shape index (κ2) is 8.21. The van der Waals surface area contributed by atoms with Crippen LogP contribution in [0.5, 0.6) is 0 Å². The van der Waals surface area contributed by atoms with Crippen LogP contribution in [0.1, 0.15) is 18.4 Å². The molecule has 0 saturated heterocycles. The molecule has 6 aromatic heterocycles. The van der Waals surface area contributed by atoms with Crippen LogP contribution in [0.4, 0.5) is 0 Å². The van der Waals surface area contributed by atoms with Gasteiger partial charge in [-0.05, 0) is 66.5 Å². The summed E-state index contributed by atoms with van der Waals surface area (Å²) in [7, 11) is 0. The van der Waals surface area contributed by atoms with E-state index in [-0.39, 0.29) is 0 Å². The molecule has 0 aliphatic heterocycles. The third kappa shape index (κ3) is 3.07. The number of fused-ring (bicyclic) bond motifs is 6. The summed E-state index contributed by atoms with van der Waals surface area (Å²) in [5.74, 6) is 0. The van der Waals surface area contributed by atoms with Gasteiger partial charge in [0.1, 0.15) is 0 Å². The van der Waals surface area contributed by atoms with Crippen LogP contribution in [0.25, 0.3) is 60.6 Å². The van der Waals surface area contributed by atoms with Gasteiger partial charge >= 0.3 is 0 Å². The number of nitrogens with zero attached hydrogens (tertiary/aromatic N) is 6. The Morgan fingerprint density at radius 1 is 0.474 bits per heavy atom. The molecule has 1 aliphatic rings. The molecule has 0 fully saturated rings. The number of benzene rings is 1. The van der Waals surface area contributed by atoms with E-state index in [1.807, 2.05) is 49.6 Å². The highest BCUT2D eigenvalue weighted by Gasteiger charge is 2.17. The Hall–Kier alpha value is -5.10. The van der Waals surface area contributed by atoms with Crippen LogP contribution >= 0.6 is 0 Å². The fraction of sp³-hybridized carbons (Fsp3) is 0.0625. The second-order valence-corrected chi connectivity index (χ2v) is 9.64. The highest BCUT2D eigenvalue weighted by Crippen LogP contribution is 2.36. The molecule has 0 amide bonds. The van der Waals surface area contributed by atoms with Crippen LogP contribution in [-0.4, -0.2) is 29.1 Å². The lowest BCUT2D eigenvalue weighted by atomic mass is 9.95. The summed E-state index contributed by atoms with van der Waals surface area (Å²) < 4.78 is 4.65. The van der Waals surface area contributed by atoms with Crippen molar-refractivity contribution in [2.24, 2.45) is 0 Å². The predicted molar refractivity (Wildman–Crippen MR) is 153 cm³/mol. The molecule has 0 saturated carbocycles. The monoisotopic (exact) mass is 490 g/mol. The molecule has 0 radical (unpaired) electrons.